The van der Waals surface area contributed by atoms with Crippen molar-refractivity contribution in [2.75, 3.05) is 10.6 Å². The molecule has 3 aromatic carbocycles. The summed E-state index contributed by atoms with van der Waals surface area (Å²) in [6.07, 6.45) is 3.71. The molecule has 0 saturated heterocycles. The summed E-state index contributed by atoms with van der Waals surface area (Å²) in [5.41, 5.74) is 4.13. The number of ketones is 1. The molecule has 0 spiro atoms. The molecule has 0 fully saturated rings. The predicted molar refractivity (Wildman–Crippen MR) is 137 cm³/mol. The van der Waals surface area contributed by atoms with Crippen LogP contribution >= 0.6 is 0 Å². The van der Waals surface area contributed by atoms with Crippen molar-refractivity contribution in [2.24, 2.45) is 0 Å². The minimum Gasteiger partial charge on any atom is -0.460 e. The van der Waals surface area contributed by atoms with Crippen LogP contribution in [0.3, 0.4) is 0 Å². The zero-order chi connectivity index (χ0) is 24.3. The molecule has 0 aliphatic heterocycles. The van der Waals surface area contributed by atoms with Crippen molar-refractivity contribution in [1.82, 2.24) is 0 Å². The summed E-state index contributed by atoms with van der Waals surface area (Å²) in [6.45, 7) is 4.27. The minimum atomic E-state index is -3.56. The van der Waals surface area contributed by atoms with E-state index in [-0.39, 0.29) is 12.3 Å². The molecule has 0 radical (unpaired) electrons. The van der Waals surface area contributed by atoms with Gasteiger partial charge in [0.15, 0.2) is 5.78 Å². The lowest BCUT2D eigenvalue weighted by Crippen LogP contribution is -2.29. The van der Waals surface area contributed by atoms with Crippen LogP contribution in [0.4, 0.5) is 5.69 Å². The Kier molecular flexibility index (Phi) is 6.89. The van der Waals surface area contributed by atoms with Gasteiger partial charge in [-0.25, -0.2) is 8.42 Å². The summed E-state index contributed by atoms with van der Waals surface area (Å²) in [4.78, 5) is 13.6. The van der Waals surface area contributed by atoms with E-state index in [4.69, 9.17) is 4.42 Å². The molecule has 176 valence electrons. The summed E-state index contributed by atoms with van der Waals surface area (Å²) < 4.78 is 32.9. The van der Waals surface area contributed by atoms with Crippen molar-refractivity contribution in [3.63, 3.8) is 0 Å². The SMILES string of the molecule is CCCCc1oc2ccc(N(Cc3ccccc3)S(C)(=O)=O)cc2c1C(=O)c1ccc(C)cc1. The van der Waals surface area contributed by atoms with Crippen molar-refractivity contribution in [3.05, 3.63) is 101 Å². The van der Waals surface area contributed by atoms with Crippen molar-refractivity contribution in [1.29, 1.82) is 0 Å². The predicted octanol–water partition coefficient (Wildman–Crippen LogP) is 6.28. The van der Waals surface area contributed by atoms with Gasteiger partial charge in [-0.1, -0.05) is 73.5 Å². The number of fused-ring (bicyclic) bond motifs is 1. The summed E-state index contributed by atoms with van der Waals surface area (Å²) in [7, 11) is -3.56. The maximum absolute atomic E-state index is 13.6. The van der Waals surface area contributed by atoms with Crippen LogP contribution in [0, 0.1) is 6.92 Å². The average molecular weight is 476 g/mol. The van der Waals surface area contributed by atoms with Crippen LogP contribution in [0.2, 0.25) is 0 Å². The van der Waals surface area contributed by atoms with E-state index >= 15 is 0 Å². The molecule has 0 aliphatic carbocycles. The van der Waals surface area contributed by atoms with Crippen LogP contribution < -0.4 is 4.31 Å². The van der Waals surface area contributed by atoms with Crippen molar-refractivity contribution >= 4 is 32.5 Å². The molecule has 1 aromatic heterocycles. The molecule has 0 saturated carbocycles. The van der Waals surface area contributed by atoms with E-state index in [0.29, 0.717) is 40.0 Å². The monoisotopic (exact) mass is 475 g/mol. The third kappa shape index (κ3) is 5.07. The number of unbranched alkanes of at least 4 members (excludes halogenated alkanes) is 1. The van der Waals surface area contributed by atoms with Crippen LogP contribution in [-0.2, 0) is 23.0 Å². The van der Waals surface area contributed by atoms with Crippen molar-refractivity contribution in [2.45, 2.75) is 39.7 Å². The Hall–Kier alpha value is -3.38. The second kappa shape index (κ2) is 9.85. The fourth-order valence-electron chi connectivity index (χ4n) is 4.05. The van der Waals surface area contributed by atoms with Gasteiger partial charge in [-0.15, -0.1) is 0 Å². The van der Waals surface area contributed by atoms with E-state index in [9.17, 15) is 13.2 Å². The fraction of sp³-hybridized carbons (Fsp3) is 0.250. The van der Waals surface area contributed by atoms with Crippen LogP contribution in [0.1, 0.15) is 52.6 Å². The molecule has 0 N–H and O–H groups in total. The Bertz CT molecular complexity index is 1400. The van der Waals surface area contributed by atoms with E-state index in [0.717, 1.165) is 24.0 Å². The number of carbonyl (C=O) groups excluding carboxylic acids is 1. The van der Waals surface area contributed by atoms with Crippen molar-refractivity contribution < 1.29 is 17.6 Å². The first kappa shape index (κ1) is 23.8. The number of nitrogens with zero attached hydrogens (tertiary/aromatic N) is 1. The summed E-state index contributed by atoms with van der Waals surface area (Å²) in [6, 6.07) is 22.2. The summed E-state index contributed by atoms with van der Waals surface area (Å²) in [5.74, 6) is 0.532. The minimum absolute atomic E-state index is 0.115. The number of hydrogen-bond acceptors (Lipinski definition) is 4. The number of benzene rings is 3. The summed E-state index contributed by atoms with van der Waals surface area (Å²) >= 11 is 0. The highest BCUT2D eigenvalue weighted by atomic mass is 32.2. The number of furan rings is 1. The van der Waals surface area contributed by atoms with Gasteiger partial charge in [0, 0.05) is 17.4 Å². The molecule has 0 atom stereocenters. The lowest BCUT2D eigenvalue weighted by atomic mass is 9.97. The Morgan fingerprint density at radius 3 is 2.32 bits per heavy atom. The second-order valence-electron chi connectivity index (χ2n) is 8.63. The van der Waals surface area contributed by atoms with Crippen LogP contribution in [0.25, 0.3) is 11.0 Å². The molecule has 5 nitrogen and oxygen atoms in total. The topological polar surface area (TPSA) is 67.6 Å². The van der Waals surface area contributed by atoms with E-state index in [1.165, 1.54) is 10.6 Å². The number of sulfonamides is 1. The Morgan fingerprint density at radius 2 is 1.68 bits per heavy atom. The third-order valence-corrected chi connectivity index (χ3v) is 7.04. The van der Waals surface area contributed by atoms with E-state index in [1.54, 1.807) is 18.2 Å². The van der Waals surface area contributed by atoms with E-state index in [1.807, 2.05) is 61.5 Å². The first-order valence-electron chi connectivity index (χ1n) is 11.5. The molecule has 6 heteroatoms. The highest BCUT2D eigenvalue weighted by Crippen LogP contribution is 2.33. The quantitative estimate of drug-likeness (QED) is 0.267. The molecular weight excluding hydrogens is 446 g/mol. The summed E-state index contributed by atoms with van der Waals surface area (Å²) in [5, 5.41) is 0.635. The lowest BCUT2D eigenvalue weighted by molar-refractivity contribution is 0.103. The van der Waals surface area contributed by atoms with Gasteiger partial charge < -0.3 is 4.42 Å². The second-order valence-corrected chi connectivity index (χ2v) is 10.5. The zero-order valence-electron chi connectivity index (χ0n) is 19.7. The lowest BCUT2D eigenvalue weighted by Gasteiger charge is -2.22. The largest absolute Gasteiger partial charge is 0.460 e. The van der Waals surface area contributed by atoms with Gasteiger partial charge in [-0.3, -0.25) is 9.10 Å². The van der Waals surface area contributed by atoms with Gasteiger partial charge in [0.25, 0.3) is 0 Å². The zero-order valence-corrected chi connectivity index (χ0v) is 20.6. The van der Waals surface area contributed by atoms with Gasteiger partial charge in [-0.05, 0) is 37.1 Å². The Labute approximate surface area is 201 Å². The van der Waals surface area contributed by atoms with Gasteiger partial charge in [0.1, 0.15) is 11.3 Å². The smallest absolute Gasteiger partial charge is 0.232 e. The molecule has 0 unspecified atom stereocenters. The standard InChI is InChI=1S/C28H29NO4S/c1-4-5-11-26-27(28(30)22-14-12-20(2)13-15-22)24-18-23(16-17-25(24)33-26)29(34(3,31)32)19-21-9-7-6-8-10-21/h6-10,12-18H,4-5,11,19H2,1-3H3. The number of aryl methyl sites for hydroxylation is 2. The van der Waals surface area contributed by atoms with Crippen LogP contribution in [0.5, 0.6) is 0 Å². The Morgan fingerprint density at radius 1 is 0.971 bits per heavy atom. The maximum atomic E-state index is 13.6. The van der Waals surface area contributed by atoms with Gasteiger partial charge >= 0.3 is 0 Å². The van der Waals surface area contributed by atoms with Crippen molar-refractivity contribution in [3.8, 4) is 0 Å². The number of rotatable bonds is 9. The molecule has 0 amide bonds. The molecule has 4 aromatic rings. The highest BCUT2D eigenvalue weighted by molar-refractivity contribution is 7.92. The first-order valence-corrected chi connectivity index (χ1v) is 13.3. The van der Waals surface area contributed by atoms with Gasteiger partial charge in [-0.2, -0.15) is 0 Å². The van der Waals surface area contributed by atoms with E-state index < -0.39 is 10.0 Å². The molecular formula is C28H29NO4S. The van der Waals surface area contributed by atoms with E-state index in [2.05, 4.69) is 6.92 Å². The maximum Gasteiger partial charge on any atom is 0.232 e. The molecule has 1 heterocycles. The van der Waals surface area contributed by atoms with Crippen LogP contribution in [-0.4, -0.2) is 20.5 Å². The molecule has 0 bridgehead atoms. The van der Waals surface area contributed by atoms with Gasteiger partial charge in [0.2, 0.25) is 10.0 Å². The number of hydrogen-bond donors (Lipinski definition) is 0. The fourth-order valence-corrected chi connectivity index (χ4v) is 4.93. The van der Waals surface area contributed by atoms with Crippen LogP contribution in [0.15, 0.2) is 77.2 Å². The highest BCUT2D eigenvalue weighted by Gasteiger charge is 2.24. The molecule has 0 aliphatic rings. The number of anilines is 1. The third-order valence-electron chi connectivity index (χ3n) is 5.90. The molecule has 4 rings (SSSR count). The first-order chi connectivity index (χ1) is 16.3. The van der Waals surface area contributed by atoms with Gasteiger partial charge in [0.05, 0.1) is 24.1 Å². The normalized spacial score (nSPS) is 11.6. The molecule has 34 heavy (non-hydrogen) atoms. The average Bonchev–Trinajstić information content (AvgIpc) is 3.18. The number of carbonyl (C=O) groups is 1. The Balaban J connectivity index is 1.84.